The van der Waals surface area contributed by atoms with Gasteiger partial charge in [0.05, 0.1) is 24.0 Å². The molecule has 0 amide bonds. The van der Waals surface area contributed by atoms with Gasteiger partial charge < -0.3 is 24.0 Å². The van der Waals surface area contributed by atoms with Crippen LogP contribution in [0, 0.1) is 0 Å². The molecule has 4 aromatic carbocycles. The standard InChI is InChI=1S/C36H38F3N3O4S/c1-25(46-30-12-9-26-8-11-29(44-2)22-27(26)23-30)35(43)45-21-20-41-18-16-40(17-19-41)14-5-15-42-31-6-3-4-7-33(31)47-34-13-10-28(24-32(34)42)36(37,38)39/h3-4,6-13,22-25H,5,14-21H2,1-2H3. The molecule has 2 heterocycles. The lowest BCUT2D eigenvalue weighted by Crippen LogP contribution is -2.48. The van der Waals surface area contributed by atoms with E-state index in [1.165, 1.54) is 17.8 Å². The number of esters is 1. The van der Waals surface area contributed by atoms with E-state index < -0.39 is 23.8 Å². The number of ether oxygens (including phenoxy) is 3. The van der Waals surface area contributed by atoms with E-state index >= 15 is 0 Å². The van der Waals surface area contributed by atoms with Gasteiger partial charge in [0, 0.05) is 49.1 Å². The summed E-state index contributed by atoms with van der Waals surface area (Å²) in [6.07, 6.45) is -4.32. The lowest BCUT2D eigenvalue weighted by atomic mass is 10.1. The normalized spacial score (nSPS) is 16.0. The first-order valence-corrected chi connectivity index (χ1v) is 16.6. The Morgan fingerprint density at radius 2 is 1.49 bits per heavy atom. The van der Waals surface area contributed by atoms with E-state index in [2.05, 4.69) is 9.80 Å². The van der Waals surface area contributed by atoms with Crippen LogP contribution in [0.1, 0.15) is 18.9 Å². The van der Waals surface area contributed by atoms with Crippen molar-refractivity contribution in [1.82, 2.24) is 9.80 Å². The fourth-order valence-electron chi connectivity index (χ4n) is 5.98. The van der Waals surface area contributed by atoms with E-state index in [4.69, 9.17) is 14.2 Å². The number of carbonyl (C=O) groups excluding carboxylic acids is 1. The number of fused-ring (bicyclic) bond motifs is 3. The van der Waals surface area contributed by atoms with Gasteiger partial charge in [-0.25, -0.2) is 4.79 Å². The van der Waals surface area contributed by atoms with Crippen LogP contribution in [0.15, 0.2) is 88.7 Å². The zero-order chi connectivity index (χ0) is 33.0. The highest BCUT2D eigenvalue weighted by molar-refractivity contribution is 7.99. The smallest absolute Gasteiger partial charge is 0.416 e. The van der Waals surface area contributed by atoms with Crippen molar-refractivity contribution in [2.75, 3.05) is 64.4 Å². The average molecular weight is 666 g/mol. The molecule has 2 aliphatic heterocycles. The number of hydrogen-bond donors (Lipinski definition) is 0. The van der Waals surface area contributed by atoms with Crippen molar-refractivity contribution in [2.45, 2.75) is 35.4 Å². The van der Waals surface area contributed by atoms with E-state index in [-0.39, 0.29) is 6.61 Å². The molecule has 11 heteroatoms. The fraction of sp³-hybridized carbons (Fsp3) is 0.361. The molecule has 0 saturated carbocycles. The molecule has 1 atom stereocenters. The minimum absolute atomic E-state index is 0.285. The van der Waals surface area contributed by atoms with Gasteiger partial charge in [-0.3, -0.25) is 4.90 Å². The number of nitrogens with zero attached hydrogens (tertiary/aromatic N) is 3. The zero-order valence-electron chi connectivity index (χ0n) is 26.5. The van der Waals surface area contributed by atoms with Gasteiger partial charge in [-0.1, -0.05) is 36.0 Å². The summed E-state index contributed by atoms with van der Waals surface area (Å²) in [5.74, 6) is 0.934. The predicted molar refractivity (Wildman–Crippen MR) is 178 cm³/mol. The van der Waals surface area contributed by atoms with Crippen molar-refractivity contribution < 1.29 is 32.2 Å². The second-order valence-corrected chi connectivity index (χ2v) is 12.8. The molecule has 1 saturated heterocycles. The maximum Gasteiger partial charge on any atom is 0.416 e. The molecular weight excluding hydrogens is 627 g/mol. The van der Waals surface area contributed by atoms with Gasteiger partial charge in [0.25, 0.3) is 0 Å². The second-order valence-electron chi connectivity index (χ2n) is 11.7. The van der Waals surface area contributed by atoms with Crippen molar-refractivity contribution in [3.8, 4) is 11.5 Å². The monoisotopic (exact) mass is 665 g/mol. The Kier molecular flexibility index (Phi) is 10.1. The summed E-state index contributed by atoms with van der Waals surface area (Å²) in [5.41, 5.74) is 0.929. The van der Waals surface area contributed by atoms with E-state index in [9.17, 15) is 18.0 Å². The van der Waals surface area contributed by atoms with Crippen LogP contribution in [-0.4, -0.2) is 81.4 Å². The Bertz CT molecular complexity index is 1710. The SMILES string of the molecule is COc1ccc2ccc(OC(C)C(=O)OCCN3CCN(CCCN4c5ccccc5Sc5ccc(C(F)(F)F)cc54)CC3)cc2c1. The number of carbonyl (C=O) groups is 1. The number of anilines is 2. The minimum Gasteiger partial charge on any atom is -0.497 e. The van der Waals surface area contributed by atoms with E-state index in [1.807, 2.05) is 65.6 Å². The molecule has 248 valence electrons. The molecule has 1 fully saturated rings. The van der Waals surface area contributed by atoms with Crippen molar-refractivity contribution >= 4 is 39.9 Å². The molecule has 0 radical (unpaired) electrons. The maximum absolute atomic E-state index is 13.5. The predicted octanol–water partition coefficient (Wildman–Crippen LogP) is 7.49. The van der Waals surface area contributed by atoms with Crippen LogP contribution in [0.25, 0.3) is 10.8 Å². The van der Waals surface area contributed by atoms with Gasteiger partial charge in [-0.15, -0.1) is 0 Å². The first kappa shape index (κ1) is 33.0. The third-order valence-electron chi connectivity index (χ3n) is 8.59. The van der Waals surface area contributed by atoms with Crippen molar-refractivity contribution in [3.63, 3.8) is 0 Å². The van der Waals surface area contributed by atoms with Crippen molar-refractivity contribution in [2.24, 2.45) is 0 Å². The number of hydrogen-bond acceptors (Lipinski definition) is 8. The van der Waals surface area contributed by atoms with Crippen LogP contribution in [0.2, 0.25) is 0 Å². The third kappa shape index (κ3) is 7.97. The van der Waals surface area contributed by atoms with Crippen LogP contribution in [0.3, 0.4) is 0 Å². The van der Waals surface area contributed by atoms with Crippen LogP contribution in [0.4, 0.5) is 24.5 Å². The van der Waals surface area contributed by atoms with Crippen LogP contribution >= 0.6 is 11.8 Å². The lowest BCUT2D eigenvalue weighted by molar-refractivity contribution is -0.151. The minimum atomic E-state index is -4.39. The van der Waals surface area contributed by atoms with E-state index in [1.54, 1.807) is 20.1 Å². The Morgan fingerprint density at radius 3 is 2.23 bits per heavy atom. The molecular formula is C36H38F3N3O4S. The molecule has 7 nitrogen and oxygen atoms in total. The summed E-state index contributed by atoms with van der Waals surface area (Å²) >= 11 is 1.51. The molecule has 0 aromatic heterocycles. The topological polar surface area (TPSA) is 54.5 Å². The molecule has 2 aliphatic rings. The number of benzene rings is 4. The van der Waals surface area contributed by atoms with E-state index in [0.717, 1.165) is 77.2 Å². The molecule has 6 rings (SSSR count). The highest BCUT2D eigenvalue weighted by Crippen LogP contribution is 2.49. The number of para-hydroxylation sites is 1. The maximum atomic E-state index is 13.5. The Labute approximate surface area is 277 Å². The molecule has 0 spiro atoms. The van der Waals surface area contributed by atoms with Crippen LogP contribution in [-0.2, 0) is 15.7 Å². The summed E-state index contributed by atoms with van der Waals surface area (Å²) in [6.45, 7) is 7.54. The van der Waals surface area contributed by atoms with Gasteiger partial charge in [-0.05, 0) is 85.3 Å². The lowest BCUT2D eigenvalue weighted by Gasteiger charge is -2.36. The largest absolute Gasteiger partial charge is 0.497 e. The zero-order valence-corrected chi connectivity index (χ0v) is 27.3. The number of piperazine rings is 1. The van der Waals surface area contributed by atoms with Gasteiger partial charge in [-0.2, -0.15) is 13.2 Å². The highest BCUT2D eigenvalue weighted by Gasteiger charge is 2.33. The summed E-state index contributed by atoms with van der Waals surface area (Å²) in [7, 11) is 1.62. The van der Waals surface area contributed by atoms with Gasteiger partial charge in [0.2, 0.25) is 0 Å². The molecule has 4 aromatic rings. The third-order valence-corrected chi connectivity index (χ3v) is 9.72. The van der Waals surface area contributed by atoms with E-state index in [0.29, 0.717) is 24.5 Å². The second kappa shape index (κ2) is 14.5. The number of alkyl halides is 3. The first-order valence-electron chi connectivity index (χ1n) is 15.8. The molecule has 0 bridgehead atoms. The summed E-state index contributed by atoms with van der Waals surface area (Å²) < 4.78 is 57.3. The average Bonchev–Trinajstić information content (AvgIpc) is 3.07. The van der Waals surface area contributed by atoms with Crippen molar-refractivity contribution in [1.29, 1.82) is 0 Å². The Morgan fingerprint density at radius 1 is 0.809 bits per heavy atom. The van der Waals surface area contributed by atoms with Gasteiger partial charge in [0.15, 0.2) is 6.10 Å². The quantitative estimate of drug-likeness (QED) is 0.153. The molecule has 0 N–H and O–H groups in total. The molecule has 1 unspecified atom stereocenters. The van der Waals surface area contributed by atoms with Gasteiger partial charge in [0.1, 0.15) is 18.1 Å². The fourth-order valence-corrected chi connectivity index (χ4v) is 7.06. The number of methoxy groups -OCH3 is 1. The van der Waals surface area contributed by atoms with Gasteiger partial charge >= 0.3 is 12.1 Å². The summed E-state index contributed by atoms with van der Waals surface area (Å²) in [5, 5.41) is 2.01. The number of halogens is 3. The highest BCUT2D eigenvalue weighted by atomic mass is 32.2. The van der Waals surface area contributed by atoms with Crippen LogP contribution < -0.4 is 14.4 Å². The summed E-state index contributed by atoms with van der Waals surface area (Å²) in [4.78, 5) is 21.2. The Balaban J connectivity index is 0.938. The number of rotatable bonds is 11. The Hall–Kier alpha value is -3.93. The molecule has 0 aliphatic carbocycles. The summed E-state index contributed by atoms with van der Waals surface area (Å²) in [6, 6.07) is 23.4. The molecule has 47 heavy (non-hydrogen) atoms. The van der Waals surface area contributed by atoms with Crippen molar-refractivity contribution in [3.05, 3.63) is 84.4 Å². The first-order chi connectivity index (χ1) is 22.7. The van der Waals surface area contributed by atoms with Crippen LogP contribution in [0.5, 0.6) is 11.5 Å².